The maximum atomic E-state index is 12.5. The van der Waals surface area contributed by atoms with E-state index >= 15 is 0 Å². The number of hydrogen-bond acceptors (Lipinski definition) is 4. The number of hydrogen-bond donors (Lipinski definition) is 1. The Labute approximate surface area is 171 Å². The Kier molecular flexibility index (Phi) is 6.95. The summed E-state index contributed by atoms with van der Waals surface area (Å²) in [6.45, 7) is 3.98. The molecule has 0 radical (unpaired) electrons. The van der Waals surface area contributed by atoms with Gasteiger partial charge in [-0.1, -0.05) is 40.2 Å². The van der Waals surface area contributed by atoms with E-state index in [-0.39, 0.29) is 24.4 Å². The summed E-state index contributed by atoms with van der Waals surface area (Å²) < 4.78 is 7.66. The molecule has 1 heterocycles. The molecule has 2 aromatic carbocycles. The molecule has 3 rings (SSSR count). The molecule has 1 amide bonds. The highest BCUT2D eigenvalue weighted by atomic mass is 79.9. The van der Waals surface area contributed by atoms with Crippen LogP contribution in [-0.4, -0.2) is 22.1 Å². The second-order valence-electron chi connectivity index (χ2n) is 6.38. The lowest BCUT2D eigenvalue weighted by Crippen LogP contribution is -2.27. The third-order valence-corrected chi connectivity index (χ3v) is 4.84. The highest BCUT2D eigenvalue weighted by Crippen LogP contribution is 2.14. The topological polar surface area (TPSA) is 73.2 Å². The second-order valence-corrected chi connectivity index (χ2v) is 7.30. The second kappa shape index (κ2) is 9.61. The first kappa shape index (κ1) is 20.2. The number of carbonyl (C=O) groups is 1. The number of aromatic nitrogens is 2. The number of nitrogens with one attached hydrogen (secondary N) is 1. The van der Waals surface area contributed by atoms with E-state index in [0.717, 1.165) is 15.6 Å². The minimum absolute atomic E-state index is 0.111. The number of amides is 1. The van der Waals surface area contributed by atoms with Gasteiger partial charge in [0.1, 0.15) is 0 Å². The number of carbonyl (C=O) groups excluding carboxylic acids is 1. The first-order valence-corrected chi connectivity index (χ1v) is 9.93. The molecule has 0 aliphatic rings. The minimum Gasteiger partial charge on any atom is -0.377 e. The number of rotatable bonds is 8. The fourth-order valence-corrected chi connectivity index (χ4v) is 3.14. The normalized spacial score (nSPS) is 10.9. The van der Waals surface area contributed by atoms with Crippen molar-refractivity contribution in [2.75, 3.05) is 6.61 Å². The number of benzene rings is 2. The van der Waals surface area contributed by atoms with Gasteiger partial charge in [0.05, 0.1) is 23.8 Å². The quantitative estimate of drug-likeness (QED) is 0.578. The monoisotopic (exact) mass is 443 g/mol. The maximum Gasteiger partial charge on any atom is 0.261 e. The van der Waals surface area contributed by atoms with Crippen molar-refractivity contribution >= 4 is 32.7 Å². The number of halogens is 1. The number of fused-ring (bicyclic) bond motifs is 1. The van der Waals surface area contributed by atoms with E-state index < -0.39 is 0 Å². The first-order chi connectivity index (χ1) is 13.6. The summed E-state index contributed by atoms with van der Waals surface area (Å²) in [6, 6.07) is 13.3. The van der Waals surface area contributed by atoms with Gasteiger partial charge < -0.3 is 10.1 Å². The summed E-state index contributed by atoms with van der Waals surface area (Å²) in [5.41, 5.74) is 2.61. The Hall–Kier alpha value is -2.51. The molecule has 0 saturated carbocycles. The zero-order chi connectivity index (χ0) is 19.9. The van der Waals surface area contributed by atoms with Crippen LogP contribution in [0.15, 0.2) is 58.1 Å². The molecule has 1 N–H and O–H groups in total. The predicted molar refractivity (Wildman–Crippen MR) is 112 cm³/mol. The van der Waals surface area contributed by atoms with E-state index in [2.05, 4.69) is 26.2 Å². The summed E-state index contributed by atoms with van der Waals surface area (Å²) >= 11 is 3.37. The van der Waals surface area contributed by atoms with Gasteiger partial charge in [0.25, 0.3) is 5.56 Å². The van der Waals surface area contributed by atoms with Gasteiger partial charge in [-0.05, 0) is 36.2 Å². The zero-order valence-electron chi connectivity index (χ0n) is 15.7. The Bertz CT molecular complexity index is 1020. The molecule has 0 spiro atoms. The summed E-state index contributed by atoms with van der Waals surface area (Å²) in [4.78, 5) is 29.0. The highest BCUT2D eigenvalue weighted by molar-refractivity contribution is 9.10. The molecule has 28 heavy (non-hydrogen) atoms. The molecule has 0 aliphatic heterocycles. The average Bonchev–Trinajstić information content (AvgIpc) is 2.71. The van der Waals surface area contributed by atoms with Gasteiger partial charge in [-0.2, -0.15) is 0 Å². The van der Waals surface area contributed by atoms with Gasteiger partial charge in [0.15, 0.2) is 0 Å². The molecule has 0 saturated heterocycles. The number of aryl methyl sites for hydroxylation is 1. The van der Waals surface area contributed by atoms with Gasteiger partial charge in [0, 0.05) is 30.6 Å². The van der Waals surface area contributed by atoms with Crippen LogP contribution in [0, 0.1) is 0 Å². The molecule has 1 aromatic heterocycles. The summed E-state index contributed by atoms with van der Waals surface area (Å²) in [5.74, 6) is -0.111. The van der Waals surface area contributed by atoms with Crippen LogP contribution in [0.4, 0.5) is 0 Å². The van der Waals surface area contributed by atoms with Crippen molar-refractivity contribution in [1.29, 1.82) is 0 Å². The lowest BCUT2D eigenvalue weighted by Gasteiger charge is -2.09. The number of nitrogens with zero attached hydrogens (tertiary/aromatic N) is 2. The van der Waals surface area contributed by atoms with Gasteiger partial charge in [-0.15, -0.1) is 0 Å². The van der Waals surface area contributed by atoms with E-state index in [4.69, 9.17) is 4.74 Å². The van der Waals surface area contributed by atoms with Crippen LogP contribution < -0.4 is 10.9 Å². The highest BCUT2D eigenvalue weighted by Gasteiger charge is 2.07. The largest absolute Gasteiger partial charge is 0.377 e. The molecule has 0 bridgehead atoms. The lowest BCUT2D eigenvalue weighted by atomic mass is 10.1. The first-order valence-electron chi connectivity index (χ1n) is 9.14. The summed E-state index contributed by atoms with van der Waals surface area (Å²) in [6.07, 6.45) is 1.70. The molecule has 0 aliphatic carbocycles. The Morgan fingerprint density at radius 3 is 2.68 bits per heavy atom. The van der Waals surface area contributed by atoms with Gasteiger partial charge in [-0.25, -0.2) is 4.98 Å². The molecule has 3 aromatic rings. The standard InChI is InChI=1S/C21H22BrN3O3/c1-2-28-13-16-5-3-15(4-6-16)12-23-20(26)9-10-25-14-24-19-8-7-17(22)11-18(19)21(25)27/h3-8,11,14H,2,9-10,12-13H2,1H3,(H,23,26). The van der Waals surface area contributed by atoms with Crippen LogP contribution in [0.3, 0.4) is 0 Å². The van der Waals surface area contributed by atoms with E-state index in [1.54, 1.807) is 12.1 Å². The fraction of sp³-hybridized carbons (Fsp3) is 0.286. The molecule has 0 fully saturated rings. The van der Waals surface area contributed by atoms with E-state index in [9.17, 15) is 9.59 Å². The van der Waals surface area contributed by atoms with E-state index in [1.807, 2.05) is 37.3 Å². The molecule has 0 unspecified atom stereocenters. The molecule has 146 valence electrons. The third-order valence-electron chi connectivity index (χ3n) is 4.35. The molecule has 6 nitrogen and oxygen atoms in total. The maximum absolute atomic E-state index is 12.5. The van der Waals surface area contributed by atoms with Crippen LogP contribution >= 0.6 is 15.9 Å². The third kappa shape index (κ3) is 5.27. The van der Waals surface area contributed by atoms with Gasteiger partial charge in [0.2, 0.25) is 5.91 Å². The SMILES string of the molecule is CCOCc1ccc(CNC(=O)CCn2cnc3ccc(Br)cc3c2=O)cc1. The zero-order valence-corrected chi connectivity index (χ0v) is 17.2. The predicted octanol–water partition coefficient (Wildman–Crippen LogP) is 3.40. The molecular formula is C21H22BrN3O3. The average molecular weight is 444 g/mol. The van der Waals surface area contributed by atoms with Gasteiger partial charge >= 0.3 is 0 Å². The Balaban J connectivity index is 1.54. The van der Waals surface area contributed by atoms with E-state index in [1.165, 1.54) is 10.9 Å². The lowest BCUT2D eigenvalue weighted by molar-refractivity contribution is -0.121. The Morgan fingerprint density at radius 1 is 1.18 bits per heavy atom. The van der Waals surface area contributed by atoms with Crippen LogP contribution in [0.1, 0.15) is 24.5 Å². The van der Waals surface area contributed by atoms with Crippen molar-refractivity contribution in [3.8, 4) is 0 Å². The molecule has 7 heteroatoms. The van der Waals surface area contributed by atoms with Crippen molar-refractivity contribution in [3.63, 3.8) is 0 Å². The molecular weight excluding hydrogens is 422 g/mol. The van der Waals surface area contributed by atoms with Crippen molar-refractivity contribution in [2.24, 2.45) is 0 Å². The van der Waals surface area contributed by atoms with Crippen molar-refractivity contribution in [3.05, 3.63) is 74.7 Å². The fourth-order valence-electron chi connectivity index (χ4n) is 2.77. The Morgan fingerprint density at radius 2 is 1.93 bits per heavy atom. The minimum atomic E-state index is -0.149. The van der Waals surface area contributed by atoms with Crippen LogP contribution in [0.2, 0.25) is 0 Å². The van der Waals surface area contributed by atoms with Gasteiger partial charge in [-0.3, -0.25) is 14.2 Å². The summed E-state index contributed by atoms with van der Waals surface area (Å²) in [7, 11) is 0. The van der Waals surface area contributed by atoms with Crippen molar-refractivity contribution in [2.45, 2.75) is 33.0 Å². The van der Waals surface area contributed by atoms with Crippen LogP contribution in [0.25, 0.3) is 10.9 Å². The number of ether oxygens (including phenoxy) is 1. The van der Waals surface area contributed by atoms with Crippen LogP contribution in [-0.2, 0) is 29.2 Å². The van der Waals surface area contributed by atoms with Crippen LogP contribution in [0.5, 0.6) is 0 Å². The smallest absolute Gasteiger partial charge is 0.261 e. The summed E-state index contributed by atoms with van der Waals surface area (Å²) in [5, 5.41) is 3.42. The van der Waals surface area contributed by atoms with E-state index in [0.29, 0.717) is 30.7 Å². The van der Waals surface area contributed by atoms with Crippen molar-refractivity contribution < 1.29 is 9.53 Å². The van der Waals surface area contributed by atoms with Crippen molar-refractivity contribution in [1.82, 2.24) is 14.9 Å². The molecule has 0 atom stereocenters.